The van der Waals surface area contributed by atoms with Crippen LogP contribution in [0.3, 0.4) is 0 Å². The van der Waals surface area contributed by atoms with Crippen LogP contribution in [0.4, 0.5) is 5.69 Å². The highest BCUT2D eigenvalue weighted by molar-refractivity contribution is 6.30. The van der Waals surface area contributed by atoms with Gasteiger partial charge in [0.2, 0.25) is 11.8 Å². The molecule has 0 bridgehead atoms. The number of piperazine rings is 1. The molecule has 0 aliphatic carbocycles. The molecule has 1 fully saturated rings. The van der Waals surface area contributed by atoms with Crippen LogP contribution in [0.15, 0.2) is 48.5 Å². The number of nitrogens with one attached hydrogen (secondary N) is 1. The Morgan fingerprint density at radius 1 is 1.03 bits per heavy atom. The minimum Gasteiger partial charge on any atom is -0.368 e. The van der Waals surface area contributed by atoms with Crippen molar-refractivity contribution in [3.05, 3.63) is 64.7 Å². The molecule has 1 aliphatic rings. The van der Waals surface area contributed by atoms with Gasteiger partial charge in [0.15, 0.2) is 0 Å². The van der Waals surface area contributed by atoms with E-state index in [9.17, 15) is 9.59 Å². The molecular formula is C24H30ClN3O2. The number of carbonyl (C=O) groups excluding carboxylic acids is 2. The van der Waals surface area contributed by atoms with E-state index in [-0.39, 0.29) is 24.2 Å². The van der Waals surface area contributed by atoms with Crippen molar-refractivity contribution >= 4 is 29.1 Å². The van der Waals surface area contributed by atoms with Gasteiger partial charge in [-0.25, -0.2) is 0 Å². The van der Waals surface area contributed by atoms with Gasteiger partial charge in [-0.3, -0.25) is 9.59 Å². The molecule has 1 saturated heterocycles. The number of amides is 2. The van der Waals surface area contributed by atoms with Gasteiger partial charge in [0, 0.05) is 36.9 Å². The minimum absolute atomic E-state index is 0.00567. The Labute approximate surface area is 184 Å². The molecule has 5 nitrogen and oxygen atoms in total. The van der Waals surface area contributed by atoms with Gasteiger partial charge in [-0.1, -0.05) is 61.8 Å². The number of nitrogens with zero attached hydrogens (tertiary/aromatic N) is 2. The molecule has 1 atom stereocenters. The van der Waals surface area contributed by atoms with E-state index in [1.807, 2.05) is 67.3 Å². The zero-order chi connectivity index (χ0) is 21.7. The molecule has 0 unspecified atom stereocenters. The van der Waals surface area contributed by atoms with Crippen LogP contribution in [0.25, 0.3) is 0 Å². The van der Waals surface area contributed by atoms with Gasteiger partial charge in [-0.2, -0.15) is 0 Å². The highest BCUT2D eigenvalue weighted by Gasteiger charge is 2.31. The molecule has 0 aromatic heterocycles. The Morgan fingerprint density at radius 2 is 1.70 bits per heavy atom. The van der Waals surface area contributed by atoms with Crippen molar-refractivity contribution in [2.75, 3.05) is 31.1 Å². The minimum atomic E-state index is -0.513. The van der Waals surface area contributed by atoms with Crippen LogP contribution in [0.1, 0.15) is 25.0 Å². The second-order valence-corrected chi connectivity index (χ2v) is 8.63. The van der Waals surface area contributed by atoms with E-state index < -0.39 is 6.04 Å². The quantitative estimate of drug-likeness (QED) is 0.765. The third kappa shape index (κ3) is 5.54. The van der Waals surface area contributed by atoms with Crippen molar-refractivity contribution in [2.45, 2.75) is 33.2 Å². The summed E-state index contributed by atoms with van der Waals surface area (Å²) in [5.41, 5.74) is 3.23. The normalized spacial score (nSPS) is 15.2. The van der Waals surface area contributed by atoms with E-state index in [0.717, 1.165) is 29.4 Å². The van der Waals surface area contributed by atoms with Crippen molar-refractivity contribution in [3.8, 4) is 0 Å². The number of hydrogen-bond acceptors (Lipinski definition) is 3. The highest BCUT2D eigenvalue weighted by Crippen LogP contribution is 2.25. The van der Waals surface area contributed by atoms with Crippen molar-refractivity contribution < 1.29 is 9.59 Å². The maximum atomic E-state index is 13.2. The Morgan fingerprint density at radius 3 is 2.33 bits per heavy atom. The topological polar surface area (TPSA) is 52.6 Å². The Bertz CT molecular complexity index is 877. The largest absolute Gasteiger partial charge is 0.368 e. The maximum Gasteiger partial charge on any atom is 0.245 e. The molecular weight excluding hydrogens is 398 g/mol. The van der Waals surface area contributed by atoms with Gasteiger partial charge < -0.3 is 15.1 Å². The van der Waals surface area contributed by atoms with Gasteiger partial charge in [-0.05, 0) is 36.1 Å². The monoisotopic (exact) mass is 427 g/mol. The van der Waals surface area contributed by atoms with E-state index in [1.165, 1.54) is 5.56 Å². The van der Waals surface area contributed by atoms with Gasteiger partial charge in [0.05, 0.1) is 6.42 Å². The number of rotatable bonds is 6. The zero-order valence-corrected chi connectivity index (χ0v) is 18.7. The van der Waals surface area contributed by atoms with E-state index in [2.05, 4.69) is 17.1 Å². The van der Waals surface area contributed by atoms with Crippen LogP contribution in [0, 0.1) is 12.8 Å². The molecule has 2 aromatic rings. The third-order valence-corrected chi connectivity index (χ3v) is 5.80. The predicted molar refractivity (Wildman–Crippen MR) is 122 cm³/mol. The fourth-order valence-electron chi connectivity index (χ4n) is 3.81. The number of hydrogen-bond donors (Lipinski definition) is 1. The van der Waals surface area contributed by atoms with Gasteiger partial charge in [0.1, 0.15) is 6.04 Å². The maximum absolute atomic E-state index is 13.2. The molecule has 3 rings (SSSR count). The average Bonchev–Trinajstić information content (AvgIpc) is 2.74. The second kappa shape index (κ2) is 9.98. The summed E-state index contributed by atoms with van der Waals surface area (Å²) < 4.78 is 0. The molecule has 2 amide bonds. The first-order valence-corrected chi connectivity index (χ1v) is 10.9. The fraction of sp³-hybridized carbons (Fsp3) is 0.417. The first kappa shape index (κ1) is 22.2. The van der Waals surface area contributed by atoms with Gasteiger partial charge in [-0.15, -0.1) is 0 Å². The Balaban J connectivity index is 1.60. The second-order valence-electron chi connectivity index (χ2n) is 8.19. The SMILES string of the molecule is Cc1ccc(Cl)cc1N1CCN(C(=O)[C@@H](NC(=O)Cc2ccccc2)C(C)C)CC1. The molecule has 0 radical (unpaired) electrons. The molecule has 2 aromatic carbocycles. The summed E-state index contributed by atoms with van der Waals surface area (Å²) in [6.45, 7) is 8.75. The lowest BCUT2D eigenvalue weighted by Gasteiger charge is -2.39. The first-order valence-electron chi connectivity index (χ1n) is 10.5. The summed E-state index contributed by atoms with van der Waals surface area (Å²) in [5, 5.41) is 3.68. The lowest BCUT2D eigenvalue weighted by atomic mass is 10.0. The fourth-order valence-corrected chi connectivity index (χ4v) is 3.97. The predicted octanol–water partition coefficient (Wildman–Crippen LogP) is 3.68. The molecule has 1 heterocycles. The van der Waals surface area contributed by atoms with Crippen molar-refractivity contribution in [2.24, 2.45) is 5.92 Å². The molecule has 0 saturated carbocycles. The molecule has 0 spiro atoms. The van der Waals surface area contributed by atoms with Crippen LogP contribution in [0.2, 0.25) is 5.02 Å². The summed E-state index contributed by atoms with van der Waals surface area (Å²) in [6, 6.07) is 15.0. The number of anilines is 1. The summed E-state index contributed by atoms with van der Waals surface area (Å²) in [6.07, 6.45) is 0.277. The van der Waals surface area contributed by atoms with Crippen LogP contribution in [-0.4, -0.2) is 48.9 Å². The highest BCUT2D eigenvalue weighted by atomic mass is 35.5. The van der Waals surface area contributed by atoms with Gasteiger partial charge >= 0.3 is 0 Å². The average molecular weight is 428 g/mol. The summed E-state index contributed by atoms with van der Waals surface area (Å²) in [7, 11) is 0. The van der Waals surface area contributed by atoms with Crippen LogP contribution >= 0.6 is 11.6 Å². The molecule has 30 heavy (non-hydrogen) atoms. The van der Waals surface area contributed by atoms with Crippen LogP contribution < -0.4 is 10.2 Å². The van der Waals surface area contributed by atoms with Crippen molar-refractivity contribution in [3.63, 3.8) is 0 Å². The van der Waals surface area contributed by atoms with E-state index in [4.69, 9.17) is 11.6 Å². The molecule has 1 aliphatic heterocycles. The van der Waals surface area contributed by atoms with Crippen molar-refractivity contribution in [1.29, 1.82) is 0 Å². The van der Waals surface area contributed by atoms with Crippen LogP contribution in [-0.2, 0) is 16.0 Å². The van der Waals surface area contributed by atoms with E-state index in [0.29, 0.717) is 13.1 Å². The number of halogens is 1. The number of aryl methyl sites for hydroxylation is 1. The Hall–Kier alpha value is -2.53. The summed E-state index contributed by atoms with van der Waals surface area (Å²) in [5.74, 6) is -0.110. The standard InChI is InChI=1S/C24H30ClN3O2/c1-17(2)23(26-22(29)15-19-7-5-4-6-8-19)24(30)28-13-11-27(12-14-28)21-16-20(25)10-9-18(21)3/h4-10,16-17,23H,11-15H2,1-3H3,(H,26,29)/t23-/m0/s1. The first-order chi connectivity index (χ1) is 14.3. The Kier molecular flexibility index (Phi) is 7.38. The van der Waals surface area contributed by atoms with Crippen LogP contribution in [0.5, 0.6) is 0 Å². The van der Waals surface area contributed by atoms with E-state index >= 15 is 0 Å². The molecule has 6 heteroatoms. The summed E-state index contributed by atoms with van der Waals surface area (Å²) >= 11 is 6.17. The number of benzene rings is 2. The molecule has 160 valence electrons. The molecule has 1 N–H and O–H groups in total. The third-order valence-electron chi connectivity index (χ3n) is 5.56. The number of carbonyl (C=O) groups is 2. The lowest BCUT2D eigenvalue weighted by molar-refractivity contribution is -0.137. The zero-order valence-electron chi connectivity index (χ0n) is 17.9. The van der Waals surface area contributed by atoms with Crippen molar-refractivity contribution in [1.82, 2.24) is 10.2 Å². The summed E-state index contributed by atoms with van der Waals surface area (Å²) in [4.78, 5) is 29.8. The van der Waals surface area contributed by atoms with Gasteiger partial charge in [0.25, 0.3) is 0 Å². The lowest BCUT2D eigenvalue weighted by Crippen LogP contribution is -2.56. The van der Waals surface area contributed by atoms with E-state index in [1.54, 1.807) is 0 Å². The smallest absolute Gasteiger partial charge is 0.245 e.